The fourth-order valence-electron chi connectivity index (χ4n) is 2.03. The van der Waals surface area contributed by atoms with E-state index in [2.05, 4.69) is 48.0 Å². The zero-order valence-corrected chi connectivity index (χ0v) is 12.9. The van der Waals surface area contributed by atoms with Gasteiger partial charge in [-0.3, -0.25) is 0 Å². The minimum Gasteiger partial charge on any atom is -0.489 e. The summed E-state index contributed by atoms with van der Waals surface area (Å²) in [6.07, 6.45) is 3.11. The number of hydrogen-bond donors (Lipinski definition) is 1. The molecule has 106 valence electrons. The summed E-state index contributed by atoms with van der Waals surface area (Å²) in [4.78, 5) is 1.26. The number of likely N-dealkylation sites (N-methyl/N-ethyl adjacent to an activating group) is 1. The second kappa shape index (κ2) is 7.98. The first-order chi connectivity index (χ1) is 9.83. The van der Waals surface area contributed by atoms with Gasteiger partial charge in [0.25, 0.3) is 0 Å². The Kier molecular flexibility index (Phi) is 5.96. The molecule has 0 spiro atoms. The summed E-state index contributed by atoms with van der Waals surface area (Å²) in [5.74, 6) is 0.922. The highest BCUT2D eigenvalue weighted by Crippen LogP contribution is 2.20. The molecule has 0 unspecified atom stereocenters. The number of benzene rings is 2. The van der Waals surface area contributed by atoms with Gasteiger partial charge in [-0.25, -0.2) is 0 Å². The van der Waals surface area contributed by atoms with Crippen LogP contribution in [0.3, 0.4) is 0 Å². The molecule has 2 aromatic carbocycles. The van der Waals surface area contributed by atoms with Crippen molar-refractivity contribution in [2.75, 3.05) is 19.8 Å². The molecule has 0 saturated carbocycles. The van der Waals surface area contributed by atoms with Crippen LogP contribution < -0.4 is 10.1 Å². The molecule has 0 bridgehead atoms. The molecule has 2 rings (SSSR count). The highest BCUT2D eigenvalue weighted by molar-refractivity contribution is 7.98. The van der Waals surface area contributed by atoms with Gasteiger partial charge in [-0.15, -0.1) is 11.8 Å². The van der Waals surface area contributed by atoms with Crippen LogP contribution in [0.15, 0.2) is 53.4 Å². The average molecular weight is 287 g/mol. The molecule has 2 nitrogen and oxygen atoms in total. The summed E-state index contributed by atoms with van der Waals surface area (Å²) in [6.45, 7) is 1.61. The second-order valence-corrected chi connectivity index (χ2v) is 5.47. The quantitative estimate of drug-likeness (QED) is 0.784. The molecule has 1 N–H and O–H groups in total. The Hall–Kier alpha value is -1.45. The summed E-state index contributed by atoms with van der Waals surface area (Å²) in [6, 6.07) is 16.7. The summed E-state index contributed by atoms with van der Waals surface area (Å²) < 4.78 is 5.88. The highest BCUT2D eigenvalue weighted by Gasteiger charge is 2.02. The van der Waals surface area contributed by atoms with E-state index in [1.54, 1.807) is 11.8 Å². The molecule has 0 atom stereocenters. The Morgan fingerprint density at radius 2 is 1.70 bits per heavy atom. The summed E-state index contributed by atoms with van der Waals surface area (Å²) >= 11 is 1.74. The normalized spacial score (nSPS) is 10.5. The van der Waals surface area contributed by atoms with Gasteiger partial charge >= 0.3 is 0 Å². The van der Waals surface area contributed by atoms with Crippen LogP contribution in [-0.2, 0) is 13.0 Å². The fourth-order valence-corrected chi connectivity index (χ4v) is 2.44. The summed E-state index contributed by atoms with van der Waals surface area (Å²) in [7, 11) is 1.98. The van der Waals surface area contributed by atoms with Crippen LogP contribution in [0, 0.1) is 0 Å². The molecule has 0 aliphatic rings. The van der Waals surface area contributed by atoms with Crippen LogP contribution in [0.4, 0.5) is 0 Å². The van der Waals surface area contributed by atoms with Gasteiger partial charge < -0.3 is 10.1 Å². The fraction of sp³-hybridized carbons (Fsp3) is 0.294. The van der Waals surface area contributed by atoms with E-state index in [1.165, 1.54) is 16.0 Å². The van der Waals surface area contributed by atoms with E-state index < -0.39 is 0 Å². The molecule has 0 aromatic heterocycles. The molecule has 3 heteroatoms. The molecule has 2 aromatic rings. The Morgan fingerprint density at radius 3 is 2.35 bits per heavy atom. The van der Waals surface area contributed by atoms with E-state index >= 15 is 0 Å². The van der Waals surface area contributed by atoms with Gasteiger partial charge in [0.15, 0.2) is 0 Å². The van der Waals surface area contributed by atoms with E-state index in [0.717, 1.165) is 18.7 Å². The van der Waals surface area contributed by atoms with Gasteiger partial charge in [-0.2, -0.15) is 0 Å². The van der Waals surface area contributed by atoms with Crippen molar-refractivity contribution in [3.05, 3.63) is 59.7 Å². The summed E-state index contributed by atoms with van der Waals surface area (Å²) in [5, 5.41) is 3.19. The first kappa shape index (κ1) is 14.9. The van der Waals surface area contributed by atoms with Crippen LogP contribution in [-0.4, -0.2) is 19.8 Å². The lowest BCUT2D eigenvalue weighted by molar-refractivity contribution is 0.304. The van der Waals surface area contributed by atoms with Crippen LogP contribution in [0.25, 0.3) is 0 Å². The van der Waals surface area contributed by atoms with Crippen molar-refractivity contribution < 1.29 is 4.74 Å². The molecular weight excluding hydrogens is 266 g/mol. The molecule has 0 heterocycles. The Bertz CT molecular complexity index is 525. The maximum atomic E-state index is 5.88. The van der Waals surface area contributed by atoms with Crippen molar-refractivity contribution >= 4 is 11.8 Å². The minimum absolute atomic E-state index is 0.624. The van der Waals surface area contributed by atoms with Crippen molar-refractivity contribution in [3.63, 3.8) is 0 Å². The monoisotopic (exact) mass is 287 g/mol. The van der Waals surface area contributed by atoms with Gasteiger partial charge in [0.2, 0.25) is 0 Å². The zero-order chi connectivity index (χ0) is 14.2. The Labute approximate surface area is 125 Å². The van der Waals surface area contributed by atoms with Gasteiger partial charge in [0, 0.05) is 4.90 Å². The molecule has 0 radical (unpaired) electrons. The van der Waals surface area contributed by atoms with Gasteiger partial charge in [0.1, 0.15) is 12.4 Å². The molecule has 0 aliphatic carbocycles. The lowest BCUT2D eigenvalue weighted by Crippen LogP contribution is -2.12. The molecule has 0 aliphatic heterocycles. The lowest BCUT2D eigenvalue weighted by atomic mass is 10.1. The van der Waals surface area contributed by atoms with Crippen molar-refractivity contribution in [1.82, 2.24) is 5.32 Å². The standard InChI is InChI=1S/C17H21NOS/c1-18-12-11-14-5-3-4-6-15(14)13-19-16-7-9-17(20-2)10-8-16/h3-10,18H,11-13H2,1-2H3. The van der Waals surface area contributed by atoms with E-state index in [9.17, 15) is 0 Å². The minimum atomic E-state index is 0.624. The average Bonchev–Trinajstić information content (AvgIpc) is 2.52. The van der Waals surface area contributed by atoms with E-state index in [1.807, 2.05) is 19.2 Å². The van der Waals surface area contributed by atoms with Crippen LogP contribution >= 0.6 is 11.8 Å². The predicted octanol–water partition coefficient (Wildman–Crippen LogP) is 3.75. The van der Waals surface area contributed by atoms with Gasteiger partial charge in [0.05, 0.1) is 0 Å². The Balaban J connectivity index is 1.98. The molecule has 0 amide bonds. The third kappa shape index (κ3) is 4.29. The maximum absolute atomic E-state index is 5.88. The van der Waals surface area contributed by atoms with Gasteiger partial charge in [-0.1, -0.05) is 24.3 Å². The molecular formula is C17H21NOS. The Morgan fingerprint density at radius 1 is 1.00 bits per heavy atom. The number of thioether (sulfide) groups is 1. The number of hydrogen-bond acceptors (Lipinski definition) is 3. The molecule has 0 fully saturated rings. The molecule has 0 saturated heterocycles. The van der Waals surface area contributed by atoms with Crippen molar-refractivity contribution in [1.29, 1.82) is 0 Å². The second-order valence-electron chi connectivity index (χ2n) is 4.59. The smallest absolute Gasteiger partial charge is 0.119 e. The van der Waals surface area contributed by atoms with E-state index in [0.29, 0.717) is 6.61 Å². The highest BCUT2D eigenvalue weighted by atomic mass is 32.2. The SMILES string of the molecule is CNCCc1ccccc1COc1ccc(SC)cc1. The van der Waals surface area contributed by atoms with Crippen LogP contribution in [0.1, 0.15) is 11.1 Å². The van der Waals surface area contributed by atoms with E-state index in [-0.39, 0.29) is 0 Å². The summed E-state index contributed by atoms with van der Waals surface area (Å²) in [5.41, 5.74) is 2.61. The van der Waals surface area contributed by atoms with Crippen molar-refractivity contribution in [3.8, 4) is 5.75 Å². The predicted molar refractivity (Wildman–Crippen MR) is 86.6 cm³/mol. The number of ether oxygens (including phenoxy) is 1. The third-order valence-electron chi connectivity index (χ3n) is 3.22. The first-order valence-corrected chi connectivity index (χ1v) is 8.04. The number of nitrogens with one attached hydrogen (secondary N) is 1. The zero-order valence-electron chi connectivity index (χ0n) is 12.1. The largest absolute Gasteiger partial charge is 0.489 e. The first-order valence-electron chi connectivity index (χ1n) is 6.81. The third-order valence-corrected chi connectivity index (χ3v) is 3.96. The maximum Gasteiger partial charge on any atom is 0.119 e. The lowest BCUT2D eigenvalue weighted by Gasteiger charge is -2.11. The van der Waals surface area contributed by atoms with Crippen LogP contribution in [0.5, 0.6) is 5.75 Å². The number of rotatable bonds is 7. The van der Waals surface area contributed by atoms with Gasteiger partial charge in [-0.05, 0) is 61.7 Å². The van der Waals surface area contributed by atoms with Crippen LogP contribution in [0.2, 0.25) is 0 Å². The topological polar surface area (TPSA) is 21.3 Å². The van der Waals surface area contributed by atoms with E-state index in [4.69, 9.17) is 4.74 Å². The molecule has 20 heavy (non-hydrogen) atoms. The van der Waals surface area contributed by atoms with Crippen molar-refractivity contribution in [2.45, 2.75) is 17.9 Å². The van der Waals surface area contributed by atoms with Crippen molar-refractivity contribution in [2.24, 2.45) is 0 Å².